The highest BCUT2D eigenvalue weighted by molar-refractivity contribution is 7.14. The summed E-state index contributed by atoms with van der Waals surface area (Å²) in [7, 11) is 0. The van der Waals surface area contributed by atoms with E-state index in [1.54, 1.807) is 18.3 Å². The second kappa shape index (κ2) is 8.95. The molecule has 1 aromatic heterocycles. The smallest absolute Gasteiger partial charge is 0.203 e. The van der Waals surface area contributed by atoms with Gasteiger partial charge in [-0.1, -0.05) is 35.3 Å². The Morgan fingerprint density at radius 1 is 1.11 bits per heavy atom. The number of aryl methyl sites for hydroxylation is 2. The number of thiazole rings is 1. The van der Waals surface area contributed by atoms with Crippen LogP contribution in [-0.4, -0.2) is 17.3 Å². The van der Waals surface area contributed by atoms with Crippen molar-refractivity contribution in [3.63, 3.8) is 0 Å². The van der Waals surface area contributed by atoms with Crippen LogP contribution in [0.15, 0.2) is 40.8 Å². The molecule has 0 fully saturated rings. The molecular weight excluding hydrogens is 413 g/mol. The zero-order valence-corrected chi connectivity index (χ0v) is 18.4. The molecule has 2 aromatic carbocycles. The third-order valence-electron chi connectivity index (χ3n) is 4.05. The Labute approximate surface area is 179 Å². The predicted molar refractivity (Wildman–Crippen MR) is 120 cm³/mol. The second-order valence-corrected chi connectivity index (χ2v) is 8.36. The van der Waals surface area contributed by atoms with Crippen LogP contribution in [0.3, 0.4) is 0 Å². The Hall–Kier alpha value is -2.08. The minimum absolute atomic E-state index is 0.00685. The molecule has 3 rings (SSSR count). The second-order valence-electron chi connectivity index (χ2n) is 6.69. The maximum atomic E-state index is 6.27. The van der Waals surface area contributed by atoms with Gasteiger partial charge in [0.05, 0.1) is 28.1 Å². The molecule has 0 aliphatic carbocycles. The van der Waals surface area contributed by atoms with Crippen LogP contribution < -0.4 is 10.2 Å². The maximum Gasteiger partial charge on any atom is 0.203 e. The van der Waals surface area contributed by atoms with Gasteiger partial charge in [-0.05, 0) is 62.6 Å². The first kappa shape index (κ1) is 20.6. The third kappa shape index (κ3) is 5.04. The standard InChI is InChI=1S/C21H21Cl2N3OS/c1-12(2)27-20-17(22)8-15(9-18(20)23)10-24-26-21-25-19(11-28-21)16-6-5-13(3)14(4)7-16/h5-12H,1-4H3,(H,25,26)/b24-10-. The Morgan fingerprint density at radius 2 is 1.82 bits per heavy atom. The van der Waals surface area contributed by atoms with Gasteiger partial charge in [0, 0.05) is 10.9 Å². The molecule has 0 unspecified atom stereocenters. The summed E-state index contributed by atoms with van der Waals surface area (Å²) in [6, 6.07) is 9.85. The normalized spacial score (nSPS) is 11.4. The summed E-state index contributed by atoms with van der Waals surface area (Å²) < 4.78 is 5.63. The van der Waals surface area contributed by atoms with E-state index in [-0.39, 0.29) is 6.10 Å². The lowest BCUT2D eigenvalue weighted by atomic mass is 10.1. The average Bonchev–Trinajstić information content (AvgIpc) is 3.09. The largest absolute Gasteiger partial charge is 0.488 e. The van der Waals surface area contributed by atoms with Crippen LogP contribution in [0, 0.1) is 13.8 Å². The van der Waals surface area contributed by atoms with Gasteiger partial charge in [0.1, 0.15) is 0 Å². The van der Waals surface area contributed by atoms with Crippen molar-refractivity contribution in [3.05, 3.63) is 62.4 Å². The van der Waals surface area contributed by atoms with Crippen LogP contribution in [0.25, 0.3) is 11.3 Å². The summed E-state index contributed by atoms with van der Waals surface area (Å²) in [6.07, 6.45) is 1.64. The molecule has 0 aliphatic heterocycles. The predicted octanol–water partition coefficient (Wildman–Crippen LogP) is 6.97. The molecule has 28 heavy (non-hydrogen) atoms. The van der Waals surface area contributed by atoms with Gasteiger partial charge in [0.15, 0.2) is 5.75 Å². The van der Waals surface area contributed by atoms with Crippen LogP contribution in [0.5, 0.6) is 5.75 Å². The van der Waals surface area contributed by atoms with Crippen molar-refractivity contribution < 1.29 is 4.74 Å². The van der Waals surface area contributed by atoms with E-state index in [9.17, 15) is 0 Å². The first-order valence-electron chi connectivity index (χ1n) is 8.81. The molecule has 0 atom stereocenters. The molecule has 1 N–H and O–H groups in total. The summed E-state index contributed by atoms with van der Waals surface area (Å²) in [5, 5.41) is 7.86. The Morgan fingerprint density at radius 3 is 2.46 bits per heavy atom. The van der Waals surface area contributed by atoms with Crippen molar-refractivity contribution >= 4 is 45.9 Å². The van der Waals surface area contributed by atoms with Gasteiger partial charge in [-0.25, -0.2) is 4.98 Å². The minimum atomic E-state index is -0.00685. The number of aromatic nitrogens is 1. The van der Waals surface area contributed by atoms with Crippen molar-refractivity contribution in [1.29, 1.82) is 0 Å². The summed E-state index contributed by atoms with van der Waals surface area (Å²) in [6.45, 7) is 8.04. The molecule has 0 saturated heterocycles. The Kier molecular flexibility index (Phi) is 6.60. The van der Waals surface area contributed by atoms with Crippen molar-refractivity contribution in [3.8, 4) is 17.0 Å². The van der Waals surface area contributed by atoms with Crippen molar-refractivity contribution in [1.82, 2.24) is 4.98 Å². The summed E-state index contributed by atoms with van der Waals surface area (Å²) in [5.74, 6) is 0.487. The summed E-state index contributed by atoms with van der Waals surface area (Å²) in [4.78, 5) is 4.59. The highest BCUT2D eigenvalue weighted by atomic mass is 35.5. The average molecular weight is 434 g/mol. The van der Waals surface area contributed by atoms with Crippen molar-refractivity contribution in [2.24, 2.45) is 5.10 Å². The van der Waals surface area contributed by atoms with Crippen molar-refractivity contribution in [2.45, 2.75) is 33.8 Å². The van der Waals surface area contributed by atoms with E-state index >= 15 is 0 Å². The quantitative estimate of drug-likeness (QED) is 0.337. The molecule has 7 heteroatoms. The van der Waals surface area contributed by atoms with Gasteiger partial charge in [-0.15, -0.1) is 11.3 Å². The summed E-state index contributed by atoms with van der Waals surface area (Å²) in [5.41, 5.74) is 8.25. The van der Waals surface area contributed by atoms with Crippen LogP contribution in [0.1, 0.15) is 30.5 Å². The molecule has 146 valence electrons. The molecule has 4 nitrogen and oxygen atoms in total. The molecule has 0 aliphatic rings. The van der Waals surface area contributed by atoms with Crippen LogP contribution in [-0.2, 0) is 0 Å². The number of halogens is 2. The molecule has 3 aromatic rings. The van der Waals surface area contributed by atoms with Crippen molar-refractivity contribution in [2.75, 3.05) is 5.43 Å². The van der Waals surface area contributed by atoms with E-state index in [1.165, 1.54) is 22.5 Å². The fourth-order valence-electron chi connectivity index (χ4n) is 2.52. The monoisotopic (exact) mass is 433 g/mol. The zero-order valence-electron chi connectivity index (χ0n) is 16.1. The number of hydrogen-bond donors (Lipinski definition) is 1. The molecule has 0 spiro atoms. The van der Waals surface area contributed by atoms with E-state index < -0.39 is 0 Å². The molecular formula is C21H21Cl2N3OS. The highest BCUT2D eigenvalue weighted by Gasteiger charge is 2.11. The van der Waals surface area contributed by atoms with Gasteiger partial charge in [-0.2, -0.15) is 5.10 Å². The first-order valence-corrected chi connectivity index (χ1v) is 10.4. The number of hydrogen-bond acceptors (Lipinski definition) is 5. The summed E-state index contributed by atoms with van der Waals surface area (Å²) >= 11 is 14.0. The van der Waals surface area contributed by atoms with Gasteiger partial charge in [0.25, 0.3) is 0 Å². The number of anilines is 1. The van der Waals surface area contributed by atoms with E-state index in [4.69, 9.17) is 27.9 Å². The molecule has 0 bridgehead atoms. The minimum Gasteiger partial charge on any atom is -0.488 e. The number of benzene rings is 2. The van der Waals surface area contributed by atoms with Crippen LogP contribution in [0.4, 0.5) is 5.13 Å². The van der Waals surface area contributed by atoms with Crippen LogP contribution >= 0.6 is 34.5 Å². The fourth-order valence-corrected chi connectivity index (χ4v) is 3.78. The number of nitrogens with one attached hydrogen (secondary N) is 1. The van der Waals surface area contributed by atoms with Gasteiger partial charge >= 0.3 is 0 Å². The van der Waals surface area contributed by atoms with E-state index in [1.807, 2.05) is 19.2 Å². The first-order chi connectivity index (χ1) is 13.3. The number of nitrogens with zero attached hydrogens (tertiary/aromatic N) is 2. The molecule has 0 amide bonds. The van der Waals surface area contributed by atoms with Gasteiger partial charge in [-0.3, -0.25) is 5.43 Å². The molecule has 0 saturated carbocycles. The third-order valence-corrected chi connectivity index (χ3v) is 5.36. The molecule has 1 heterocycles. The lowest BCUT2D eigenvalue weighted by Gasteiger charge is -2.13. The number of hydrazone groups is 1. The molecule has 0 radical (unpaired) electrons. The Bertz CT molecular complexity index is 992. The van der Waals surface area contributed by atoms with E-state index in [0.717, 1.165) is 16.8 Å². The SMILES string of the molecule is Cc1ccc(-c2csc(N/N=C\c3cc(Cl)c(OC(C)C)c(Cl)c3)n2)cc1C. The van der Waals surface area contributed by atoms with Crippen LogP contribution in [0.2, 0.25) is 10.0 Å². The van der Waals surface area contributed by atoms with Gasteiger partial charge in [0.2, 0.25) is 5.13 Å². The topological polar surface area (TPSA) is 46.5 Å². The lowest BCUT2D eigenvalue weighted by Crippen LogP contribution is -2.06. The fraction of sp³-hybridized carbons (Fsp3) is 0.238. The van der Waals surface area contributed by atoms with E-state index in [2.05, 4.69) is 47.6 Å². The van der Waals surface area contributed by atoms with Gasteiger partial charge < -0.3 is 4.74 Å². The Balaban J connectivity index is 1.70. The maximum absolute atomic E-state index is 6.27. The van der Waals surface area contributed by atoms with E-state index in [0.29, 0.717) is 20.9 Å². The highest BCUT2D eigenvalue weighted by Crippen LogP contribution is 2.34. The number of rotatable bonds is 6. The lowest BCUT2D eigenvalue weighted by molar-refractivity contribution is 0.243. The zero-order chi connectivity index (χ0) is 20.3. The number of ether oxygens (including phenoxy) is 1.